The number of hydrogen-bond acceptors (Lipinski definition) is 14. The molecule has 9 amide bonds. The Morgan fingerprint density at radius 3 is 1.72 bits per heavy atom. The molecule has 23 heteroatoms. The van der Waals surface area contributed by atoms with Crippen LogP contribution < -0.4 is 20.7 Å². The second kappa shape index (κ2) is 36.0. The van der Waals surface area contributed by atoms with Gasteiger partial charge in [0.2, 0.25) is 47.3 Å². The molecule has 88 heavy (non-hydrogen) atoms. The molecule has 0 unspecified atom stereocenters. The maximum atomic E-state index is 15.3. The summed E-state index contributed by atoms with van der Waals surface area (Å²) in [5, 5.41) is 8.34. The van der Waals surface area contributed by atoms with E-state index < -0.39 is 162 Å². The Bertz CT molecular complexity index is 2530. The topological polar surface area (TPSA) is 271 Å². The minimum absolute atomic E-state index is 0.0754. The van der Waals surface area contributed by atoms with Crippen molar-refractivity contribution >= 4 is 65.1 Å². The molecule has 496 valence electrons. The molecule has 23 nitrogen and oxygen atoms in total. The first-order valence-electron chi connectivity index (χ1n) is 31.9. The number of piperidine rings is 1. The number of hydrogen-bond donors (Lipinski definition) is 3. The van der Waals surface area contributed by atoms with E-state index in [9.17, 15) is 38.4 Å². The Kier molecular flexibility index (Phi) is 30.9. The third kappa shape index (κ3) is 20.4. The number of unbranched alkanes of at least 4 members (excludes halogenated alkanes) is 5. The predicted octanol–water partition coefficient (Wildman–Crippen LogP) is 5.14. The zero-order valence-corrected chi connectivity index (χ0v) is 56.1. The number of cyclic esters (lactones) is 1. The maximum absolute atomic E-state index is 15.3. The average molecular weight is 1240 g/mol. The van der Waals surface area contributed by atoms with Crippen LogP contribution in [0, 0.1) is 29.6 Å². The Labute approximate surface area is 523 Å². The number of fused-ring (bicyclic) bond motifs is 1. The van der Waals surface area contributed by atoms with Gasteiger partial charge in [-0.05, 0) is 79.9 Å². The lowest BCUT2D eigenvalue weighted by atomic mass is 9.92. The smallest absolute Gasteiger partial charge is 0.329 e. The lowest BCUT2D eigenvalue weighted by molar-refractivity contribution is -0.165. The van der Waals surface area contributed by atoms with Crippen LogP contribution in [0.4, 0.5) is 0 Å². The van der Waals surface area contributed by atoms with Gasteiger partial charge in [0, 0.05) is 48.2 Å². The van der Waals surface area contributed by atoms with Crippen LogP contribution in [-0.2, 0) is 68.6 Å². The van der Waals surface area contributed by atoms with Gasteiger partial charge >= 0.3 is 11.9 Å². The molecule has 11 atom stereocenters. The molecule has 2 aliphatic rings. The molecule has 1 aromatic rings. The van der Waals surface area contributed by atoms with Crippen molar-refractivity contribution in [1.29, 1.82) is 0 Å². The molecule has 0 spiro atoms. The summed E-state index contributed by atoms with van der Waals surface area (Å²) in [6.45, 7) is 20.6. The highest BCUT2D eigenvalue weighted by molar-refractivity contribution is 5.99. The Balaban J connectivity index is 2.28. The van der Waals surface area contributed by atoms with E-state index in [1.807, 2.05) is 13.8 Å². The van der Waals surface area contributed by atoms with Crippen LogP contribution >= 0.6 is 0 Å². The number of benzene rings is 1. The highest BCUT2D eigenvalue weighted by atomic mass is 16.6. The Hall–Kier alpha value is -6.81. The lowest BCUT2D eigenvalue weighted by Crippen LogP contribution is -2.63. The quantitative estimate of drug-likeness (QED) is 0.120. The number of methoxy groups -OCH3 is 1. The molecule has 2 saturated heterocycles. The zero-order chi connectivity index (χ0) is 66.4. The molecule has 2 fully saturated rings. The molecular formula is C65H107N9O14. The van der Waals surface area contributed by atoms with Gasteiger partial charge in [0.1, 0.15) is 54.1 Å². The van der Waals surface area contributed by atoms with Gasteiger partial charge in [-0.2, -0.15) is 0 Å². The first-order valence-corrected chi connectivity index (χ1v) is 31.9. The fourth-order valence-electron chi connectivity index (χ4n) is 11.8. The molecule has 0 aromatic heterocycles. The molecule has 0 radical (unpaired) electrons. The fourth-order valence-corrected chi connectivity index (χ4v) is 11.8. The van der Waals surface area contributed by atoms with Crippen molar-refractivity contribution in [3.8, 4) is 5.75 Å². The van der Waals surface area contributed by atoms with E-state index >= 15 is 14.4 Å². The highest BCUT2D eigenvalue weighted by Crippen LogP contribution is 2.27. The summed E-state index contributed by atoms with van der Waals surface area (Å²) in [4.78, 5) is 169. The predicted molar refractivity (Wildman–Crippen MR) is 334 cm³/mol. The van der Waals surface area contributed by atoms with Crippen molar-refractivity contribution in [2.45, 2.75) is 221 Å². The van der Waals surface area contributed by atoms with Crippen molar-refractivity contribution in [3.05, 3.63) is 29.8 Å². The van der Waals surface area contributed by atoms with Crippen LogP contribution in [0.1, 0.15) is 166 Å². The number of nitrogens with zero attached hydrogens (tertiary/aromatic N) is 6. The number of ether oxygens (including phenoxy) is 3. The van der Waals surface area contributed by atoms with Gasteiger partial charge in [-0.25, -0.2) is 4.79 Å². The SMILES string of the molecule is CCCCCCCCOC(=O)C[C@H]1C(=O)N(C)[C@@H]([C@@H](C)CC)C(=O)N(C)[C@@H]([C@@H](C)CC)C(=O)NCC(=O)N(C)[C@@H](C(C)C)C(=O)N[C@@H](Cc2ccc(OC)cc2)C(=O)O[C@H](C)C(=O)N2CCCC[C@H]2C(=O)N(C)[C@@H](C(C)C)C(=O)N[C@@H](C(C)C)C(=O)N1C. The van der Waals surface area contributed by atoms with Crippen molar-refractivity contribution in [2.24, 2.45) is 29.6 Å². The van der Waals surface area contributed by atoms with Gasteiger partial charge in [-0.1, -0.05) is 133 Å². The molecule has 2 aliphatic heterocycles. The van der Waals surface area contributed by atoms with Crippen LogP contribution in [0.25, 0.3) is 0 Å². The van der Waals surface area contributed by atoms with E-state index in [0.29, 0.717) is 43.4 Å². The monoisotopic (exact) mass is 1240 g/mol. The molecule has 0 saturated carbocycles. The van der Waals surface area contributed by atoms with E-state index in [0.717, 1.165) is 41.9 Å². The van der Waals surface area contributed by atoms with Crippen LogP contribution in [0.5, 0.6) is 5.75 Å². The number of esters is 2. The second-order valence-electron chi connectivity index (χ2n) is 25.2. The summed E-state index contributed by atoms with van der Waals surface area (Å²) in [6, 6.07) is -3.47. The molecule has 0 bridgehead atoms. The van der Waals surface area contributed by atoms with E-state index in [2.05, 4.69) is 22.9 Å². The zero-order valence-electron chi connectivity index (χ0n) is 56.1. The van der Waals surface area contributed by atoms with Gasteiger partial charge < -0.3 is 59.6 Å². The summed E-state index contributed by atoms with van der Waals surface area (Å²) in [7, 11) is 8.53. The Morgan fingerprint density at radius 1 is 0.602 bits per heavy atom. The van der Waals surface area contributed by atoms with Crippen molar-refractivity contribution < 1.29 is 67.0 Å². The van der Waals surface area contributed by atoms with E-state index in [4.69, 9.17) is 14.2 Å². The average Bonchev–Trinajstić information content (AvgIpc) is 1.03. The first kappa shape index (κ1) is 75.4. The second-order valence-corrected chi connectivity index (χ2v) is 25.2. The van der Waals surface area contributed by atoms with E-state index in [1.54, 1.807) is 79.7 Å². The van der Waals surface area contributed by atoms with Gasteiger partial charge in [-0.3, -0.25) is 47.9 Å². The first-order chi connectivity index (χ1) is 41.4. The summed E-state index contributed by atoms with van der Waals surface area (Å²) < 4.78 is 16.9. The number of likely N-dealkylation sites (N-methyl/N-ethyl adjacent to an activating group) is 5. The third-order valence-electron chi connectivity index (χ3n) is 17.6. The van der Waals surface area contributed by atoms with E-state index in [1.165, 1.54) is 68.9 Å². The largest absolute Gasteiger partial charge is 0.497 e. The normalized spacial score (nSPS) is 25.4. The van der Waals surface area contributed by atoms with Gasteiger partial charge in [0.05, 0.1) is 26.7 Å². The minimum Gasteiger partial charge on any atom is -0.497 e. The highest BCUT2D eigenvalue weighted by Gasteiger charge is 2.46. The summed E-state index contributed by atoms with van der Waals surface area (Å²) in [6.07, 6.45) is 5.41. The minimum atomic E-state index is -1.56. The molecule has 1 aromatic carbocycles. The number of carbonyl (C=O) groups excluding carboxylic acids is 11. The van der Waals surface area contributed by atoms with Crippen LogP contribution in [0.2, 0.25) is 0 Å². The maximum Gasteiger partial charge on any atom is 0.329 e. The van der Waals surface area contributed by atoms with Crippen LogP contribution in [0.15, 0.2) is 24.3 Å². The molecule has 3 rings (SSSR count). The molecular weight excluding hydrogens is 1130 g/mol. The van der Waals surface area contributed by atoms with Crippen LogP contribution in [-0.4, -0.2) is 211 Å². The number of nitrogens with one attached hydrogen (secondary N) is 3. The van der Waals surface area contributed by atoms with Gasteiger partial charge in [-0.15, -0.1) is 0 Å². The summed E-state index contributed by atoms with van der Waals surface area (Å²) >= 11 is 0. The third-order valence-corrected chi connectivity index (χ3v) is 17.6. The summed E-state index contributed by atoms with van der Waals surface area (Å²) in [5.74, 6) is -10.2. The van der Waals surface area contributed by atoms with Gasteiger partial charge in [0.25, 0.3) is 5.91 Å². The van der Waals surface area contributed by atoms with Crippen molar-refractivity contribution in [2.75, 3.05) is 62.0 Å². The van der Waals surface area contributed by atoms with Crippen molar-refractivity contribution in [1.82, 2.24) is 45.3 Å². The van der Waals surface area contributed by atoms with E-state index in [-0.39, 0.29) is 26.0 Å². The number of amides is 9. The number of rotatable bonds is 19. The molecule has 2 heterocycles. The fraction of sp³-hybridized carbons (Fsp3) is 0.738. The molecule has 3 N–H and O–H groups in total. The Morgan fingerprint density at radius 2 is 1.15 bits per heavy atom. The molecule has 0 aliphatic carbocycles. The number of carbonyl (C=O) groups is 11. The lowest BCUT2D eigenvalue weighted by Gasteiger charge is -2.41. The van der Waals surface area contributed by atoms with Crippen LogP contribution in [0.3, 0.4) is 0 Å². The standard InChI is InChI=1S/C65H107N9O14/c1-19-22-23-24-25-28-35-87-51(76)37-49-62(82)73(17)56(43(11)21-3)64(84)72(16)55(42(10)20-2)57(77)66-38-50(75)70(14)53(40(6)7)58(78)67-47(36-45-30-32-46(86-18)33-31-45)65(85)88-44(12)60(80)74-34-27-26-29-48(74)61(81)71(15)54(41(8)9)59(79)68-52(39(4)5)63(83)69(49)13/h30-33,39-44,47-49,52-56H,19-29,34-38H2,1-18H3,(H,66,77)(H,67,78)(H,68,79)/t42-,43-,44+,47-,48-,49-,52-,53-,54-,55-,56-/m0/s1. The van der Waals surface area contributed by atoms with Gasteiger partial charge in [0.15, 0.2) is 6.10 Å². The van der Waals surface area contributed by atoms with Crippen molar-refractivity contribution in [3.63, 3.8) is 0 Å². The summed E-state index contributed by atoms with van der Waals surface area (Å²) in [5.41, 5.74) is 0.588.